The molecule has 4 N–H and O–H groups in total. The fourth-order valence-corrected chi connectivity index (χ4v) is 4.46. The van der Waals surface area contributed by atoms with E-state index < -0.39 is 10.0 Å². The van der Waals surface area contributed by atoms with Gasteiger partial charge in [0.15, 0.2) is 0 Å². The number of nitrogens with one attached hydrogen (secondary N) is 2. The van der Waals surface area contributed by atoms with Crippen molar-refractivity contribution in [2.24, 2.45) is 5.73 Å². The molecule has 0 spiro atoms. The van der Waals surface area contributed by atoms with Crippen molar-refractivity contribution in [3.05, 3.63) is 88.4 Å². The molecule has 0 fully saturated rings. The van der Waals surface area contributed by atoms with Gasteiger partial charge >= 0.3 is 0 Å². The quantitative estimate of drug-likeness (QED) is 0.355. The number of nitrogen functional groups attached to an aromatic ring is 1. The van der Waals surface area contributed by atoms with Gasteiger partial charge in [-0.25, -0.2) is 8.42 Å². The van der Waals surface area contributed by atoms with E-state index in [-0.39, 0.29) is 15.8 Å². The first-order valence-corrected chi connectivity index (χ1v) is 11.1. The second-order valence-electron chi connectivity index (χ2n) is 6.78. The first kappa shape index (κ1) is 21.7. The summed E-state index contributed by atoms with van der Waals surface area (Å²) in [5, 5.41) is 7.58. The molecular weight excluding hydrogens is 422 g/mol. The summed E-state index contributed by atoms with van der Waals surface area (Å²) in [6.45, 7) is 2.28. The van der Waals surface area contributed by atoms with Gasteiger partial charge in [-0.05, 0) is 42.3 Å². The molecule has 3 rings (SSSR count). The van der Waals surface area contributed by atoms with Crippen molar-refractivity contribution in [2.75, 3.05) is 11.3 Å². The maximum atomic E-state index is 12.7. The summed E-state index contributed by atoms with van der Waals surface area (Å²) in [4.78, 5) is 0.0182. The normalized spacial score (nSPS) is 11.1. The van der Waals surface area contributed by atoms with E-state index in [2.05, 4.69) is 4.72 Å². The topological polar surface area (TPSA) is 105 Å². The van der Waals surface area contributed by atoms with Crippen molar-refractivity contribution in [2.45, 2.75) is 18.2 Å². The molecule has 6 nitrogen and oxygen atoms in total. The van der Waals surface area contributed by atoms with Crippen molar-refractivity contribution >= 4 is 33.1 Å². The van der Waals surface area contributed by atoms with E-state index in [1.807, 2.05) is 25.1 Å². The van der Waals surface area contributed by atoms with Crippen LogP contribution in [-0.2, 0) is 16.4 Å². The third kappa shape index (κ3) is 5.52. The zero-order chi connectivity index (χ0) is 21.7. The average Bonchev–Trinajstić information content (AvgIpc) is 2.68. The molecule has 8 heteroatoms. The molecule has 0 saturated carbocycles. The van der Waals surface area contributed by atoms with E-state index in [0.717, 1.165) is 11.1 Å². The molecule has 0 unspecified atom stereocenters. The van der Waals surface area contributed by atoms with Crippen LogP contribution in [0.15, 0.2) is 71.6 Å². The van der Waals surface area contributed by atoms with E-state index in [0.29, 0.717) is 30.0 Å². The summed E-state index contributed by atoms with van der Waals surface area (Å²) >= 11 is 6.03. The molecule has 0 amide bonds. The van der Waals surface area contributed by atoms with Crippen LogP contribution in [0.1, 0.15) is 16.7 Å². The van der Waals surface area contributed by atoms with Crippen LogP contribution >= 0.6 is 11.6 Å². The number of halogens is 1. The molecule has 0 atom stereocenters. The summed E-state index contributed by atoms with van der Waals surface area (Å²) in [6.07, 6.45) is 0.660. The summed E-state index contributed by atoms with van der Waals surface area (Å²) < 4.78 is 33.7. The lowest BCUT2D eigenvalue weighted by Crippen LogP contribution is -2.13. The second-order valence-corrected chi connectivity index (χ2v) is 8.84. The van der Waals surface area contributed by atoms with Gasteiger partial charge in [0.05, 0.1) is 17.3 Å². The summed E-state index contributed by atoms with van der Waals surface area (Å²) in [5.74, 6) is 0.594. The molecule has 30 heavy (non-hydrogen) atoms. The maximum Gasteiger partial charge on any atom is 0.263 e. The number of rotatable bonds is 8. The molecular formula is C22H22ClN3O3S. The molecule has 0 bridgehead atoms. The summed E-state index contributed by atoms with van der Waals surface area (Å²) in [6, 6.07) is 18.9. The Morgan fingerprint density at radius 1 is 1.10 bits per heavy atom. The number of benzene rings is 3. The SMILES string of the molecule is Cc1cc(NS(=O)(=O)c2ccccc2Cl)cc(OCCc2ccc(C(=N)N)cc2)c1. The van der Waals surface area contributed by atoms with E-state index in [1.165, 1.54) is 12.1 Å². The predicted octanol–water partition coefficient (Wildman–Crippen LogP) is 4.35. The minimum atomic E-state index is -3.82. The van der Waals surface area contributed by atoms with Gasteiger partial charge in [0, 0.05) is 18.1 Å². The lowest BCUT2D eigenvalue weighted by Gasteiger charge is -2.13. The van der Waals surface area contributed by atoms with E-state index >= 15 is 0 Å². The highest BCUT2D eigenvalue weighted by Gasteiger charge is 2.18. The lowest BCUT2D eigenvalue weighted by molar-refractivity contribution is 0.322. The van der Waals surface area contributed by atoms with Gasteiger partial charge in [0.1, 0.15) is 16.5 Å². The molecule has 0 heterocycles. The van der Waals surface area contributed by atoms with Gasteiger partial charge in [-0.15, -0.1) is 0 Å². The zero-order valence-electron chi connectivity index (χ0n) is 16.4. The minimum absolute atomic E-state index is 0.0182. The Bertz CT molecular complexity index is 1160. The van der Waals surface area contributed by atoms with E-state index in [1.54, 1.807) is 36.4 Å². The molecule has 0 aliphatic carbocycles. The van der Waals surface area contributed by atoms with Crippen LogP contribution in [0, 0.1) is 12.3 Å². The molecule has 0 saturated heterocycles. The molecule has 3 aromatic rings. The standard InChI is InChI=1S/C22H22ClN3O3S/c1-15-12-18(26-30(27,28)21-5-3-2-4-20(21)23)14-19(13-15)29-11-10-16-6-8-17(9-7-16)22(24)25/h2-9,12-14,26H,10-11H2,1H3,(H3,24,25). The van der Waals surface area contributed by atoms with Crippen LogP contribution in [0.5, 0.6) is 5.75 Å². The van der Waals surface area contributed by atoms with Crippen LogP contribution in [0.4, 0.5) is 5.69 Å². The Labute approximate surface area is 181 Å². The van der Waals surface area contributed by atoms with Crippen molar-refractivity contribution in [3.8, 4) is 5.75 Å². The largest absolute Gasteiger partial charge is 0.493 e. The molecule has 0 radical (unpaired) electrons. The average molecular weight is 444 g/mol. The van der Waals surface area contributed by atoms with Crippen molar-refractivity contribution < 1.29 is 13.2 Å². The third-order valence-electron chi connectivity index (χ3n) is 4.35. The number of sulfonamides is 1. The Balaban J connectivity index is 1.68. The number of ether oxygens (including phenoxy) is 1. The Hall–Kier alpha value is -3.03. The third-order valence-corrected chi connectivity index (χ3v) is 6.23. The number of nitrogens with two attached hydrogens (primary N) is 1. The van der Waals surface area contributed by atoms with Gasteiger partial charge in [-0.2, -0.15) is 0 Å². The lowest BCUT2D eigenvalue weighted by atomic mass is 10.1. The smallest absolute Gasteiger partial charge is 0.263 e. The Morgan fingerprint density at radius 2 is 1.80 bits per heavy atom. The van der Waals surface area contributed by atoms with Crippen LogP contribution in [-0.4, -0.2) is 20.9 Å². The van der Waals surface area contributed by atoms with E-state index in [4.69, 9.17) is 27.5 Å². The Morgan fingerprint density at radius 3 is 2.47 bits per heavy atom. The van der Waals surface area contributed by atoms with Crippen molar-refractivity contribution in [1.82, 2.24) is 0 Å². The van der Waals surface area contributed by atoms with Gasteiger partial charge in [-0.1, -0.05) is 48.0 Å². The molecule has 0 aromatic heterocycles. The Kier molecular flexibility index (Phi) is 6.64. The van der Waals surface area contributed by atoms with Gasteiger partial charge in [0.25, 0.3) is 10.0 Å². The minimum Gasteiger partial charge on any atom is -0.493 e. The highest BCUT2D eigenvalue weighted by molar-refractivity contribution is 7.92. The number of hydrogen-bond acceptors (Lipinski definition) is 4. The van der Waals surface area contributed by atoms with Crippen molar-refractivity contribution in [3.63, 3.8) is 0 Å². The van der Waals surface area contributed by atoms with Crippen molar-refractivity contribution in [1.29, 1.82) is 5.41 Å². The first-order chi connectivity index (χ1) is 14.2. The number of amidine groups is 1. The van der Waals surface area contributed by atoms with Crippen LogP contribution in [0.2, 0.25) is 5.02 Å². The summed E-state index contributed by atoms with van der Waals surface area (Å²) in [7, 11) is -3.82. The van der Waals surface area contributed by atoms with Gasteiger partial charge in [-0.3, -0.25) is 10.1 Å². The van der Waals surface area contributed by atoms with E-state index in [9.17, 15) is 8.42 Å². The molecule has 3 aromatic carbocycles. The molecule has 156 valence electrons. The maximum absolute atomic E-state index is 12.7. The van der Waals surface area contributed by atoms with Crippen LogP contribution in [0.3, 0.4) is 0 Å². The zero-order valence-corrected chi connectivity index (χ0v) is 17.9. The second kappa shape index (κ2) is 9.19. The van der Waals surface area contributed by atoms with Gasteiger partial charge < -0.3 is 10.5 Å². The highest BCUT2D eigenvalue weighted by Crippen LogP contribution is 2.26. The first-order valence-electron chi connectivity index (χ1n) is 9.20. The monoisotopic (exact) mass is 443 g/mol. The number of aryl methyl sites for hydroxylation is 1. The fourth-order valence-electron chi connectivity index (χ4n) is 2.90. The number of hydrogen-bond donors (Lipinski definition) is 3. The van der Waals surface area contributed by atoms with Crippen LogP contribution in [0.25, 0.3) is 0 Å². The predicted molar refractivity (Wildman–Crippen MR) is 120 cm³/mol. The van der Waals surface area contributed by atoms with Crippen LogP contribution < -0.4 is 15.2 Å². The molecule has 0 aliphatic rings. The fraction of sp³-hybridized carbons (Fsp3) is 0.136. The molecule has 0 aliphatic heterocycles. The summed E-state index contributed by atoms with van der Waals surface area (Å²) in [5.41, 5.74) is 8.44. The van der Waals surface area contributed by atoms with Gasteiger partial charge in [0.2, 0.25) is 0 Å². The number of anilines is 1. The highest BCUT2D eigenvalue weighted by atomic mass is 35.5.